The SMILES string of the molecule is C#Cc1c(F)ccc2cc(OCOC)cc(-c3ncc4c(N5C[C@H]6CC[C@@H](C5)N6C(=O)OC(C)(C)C)nc(OC[C@@H]5CCCN5C)nc4c3F)c12. The molecule has 3 saturated heterocycles. The smallest absolute Gasteiger partial charge is 0.410 e. The van der Waals surface area contributed by atoms with Gasteiger partial charge in [0.15, 0.2) is 12.6 Å². The van der Waals surface area contributed by atoms with Crippen LogP contribution in [-0.4, -0.2) is 102 Å². The van der Waals surface area contributed by atoms with Crippen molar-refractivity contribution in [2.75, 3.05) is 52.1 Å². The van der Waals surface area contributed by atoms with Gasteiger partial charge in [-0.3, -0.25) is 9.88 Å². The Morgan fingerprint density at radius 3 is 2.51 bits per heavy atom. The highest BCUT2D eigenvalue weighted by Crippen LogP contribution is 2.41. The Hall–Kier alpha value is -4.80. The number of carbonyl (C=O) groups is 1. The van der Waals surface area contributed by atoms with Crippen molar-refractivity contribution in [3.05, 3.63) is 47.7 Å². The molecule has 51 heavy (non-hydrogen) atoms. The maximum atomic E-state index is 17.1. The van der Waals surface area contributed by atoms with Crippen LogP contribution in [0.2, 0.25) is 0 Å². The van der Waals surface area contributed by atoms with Crippen LogP contribution in [0.5, 0.6) is 11.8 Å². The van der Waals surface area contributed by atoms with E-state index in [-0.39, 0.29) is 59.4 Å². The van der Waals surface area contributed by atoms with Crippen LogP contribution in [0.3, 0.4) is 0 Å². The van der Waals surface area contributed by atoms with Crippen LogP contribution < -0.4 is 14.4 Å². The summed E-state index contributed by atoms with van der Waals surface area (Å²) in [5.74, 6) is 1.90. The van der Waals surface area contributed by atoms with Crippen LogP contribution in [0, 0.1) is 24.0 Å². The van der Waals surface area contributed by atoms with Gasteiger partial charge in [0.25, 0.3) is 0 Å². The average Bonchev–Trinajstić information content (AvgIpc) is 3.63. The van der Waals surface area contributed by atoms with Crippen LogP contribution in [0.15, 0.2) is 30.5 Å². The molecule has 2 aromatic carbocycles. The first kappa shape index (κ1) is 34.6. The second-order valence-corrected chi connectivity index (χ2v) is 14.5. The molecule has 0 saturated carbocycles. The first-order chi connectivity index (χ1) is 24.5. The number of methoxy groups -OCH3 is 1. The molecule has 5 heterocycles. The van der Waals surface area contributed by atoms with E-state index in [1.54, 1.807) is 18.2 Å². The van der Waals surface area contributed by atoms with E-state index >= 15 is 8.78 Å². The van der Waals surface area contributed by atoms with E-state index in [0.29, 0.717) is 47.4 Å². The third kappa shape index (κ3) is 6.70. The molecule has 3 aliphatic rings. The Morgan fingerprint density at radius 1 is 1.08 bits per heavy atom. The largest absolute Gasteiger partial charge is 0.468 e. The van der Waals surface area contributed by atoms with Gasteiger partial charge in [0.05, 0.1) is 23.0 Å². The van der Waals surface area contributed by atoms with Gasteiger partial charge >= 0.3 is 12.1 Å². The first-order valence-electron chi connectivity index (χ1n) is 17.3. The number of aromatic nitrogens is 3. The van der Waals surface area contributed by atoms with E-state index in [0.717, 1.165) is 32.2 Å². The lowest BCUT2D eigenvalue weighted by Crippen LogP contribution is -2.57. The Morgan fingerprint density at radius 2 is 1.84 bits per heavy atom. The lowest BCUT2D eigenvalue weighted by atomic mass is 9.95. The molecule has 0 N–H and O–H groups in total. The molecule has 4 aromatic rings. The van der Waals surface area contributed by atoms with Crippen LogP contribution in [0.1, 0.15) is 52.0 Å². The Balaban J connectivity index is 1.34. The highest BCUT2D eigenvalue weighted by Gasteiger charge is 2.45. The fourth-order valence-corrected chi connectivity index (χ4v) is 7.52. The molecule has 0 radical (unpaired) electrons. The molecule has 7 rings (SSSR count). The third-order valence-corrected chi connectivity index (χ3v) is 9.89. The van der Waals surface area contributed by atoms with E-state index in [1.165, 1.54) is 19.4 Å². The molecule has 13 heteroatoms. The van der Waals surface area contributed by atoms with Gasteiger partial charge in [-0.05, 0) is 83.6 Å². The number of rotatable bonds is 8. The number of benzene rings is 2. The standard InChI is InChI=1S/C38H42F2N6O5/c1-7-27-30(39)13-10-22-15-26(50-21-48-6)16-28(31(22)27)33-32(40)34-29(17-41-33)35(43-36(42-34)49-20-25-9-8-14-44(25)5)45-18-23-11-12-24(19-45)46(23)37(47)51-38(2,3)4/h1,10,13,15-17,23-25H,8-9,11-12,14,18-21H2,2-6H3/t23-,24+,25-/m0/s1. The summed E-state index contributed by atoms with van der Waals surface area (Å²) in [7, 11) is 3.54. The van der Waals surface area contributed by atoms with Crippen molar-refractivity contribution in [2.24, 2.45) is 0 Å². The number of piperazine rings is 1. The lowest BCUT2D eigenvalue weighted by molar-refractivity contribution is 0.0122. The van der Waals surface area contributed by atoms with E-state index in [9.17, 15) is 4.79 Å². The number of halogens is 2. The number of ether oxygens (including phenoxy) is 4. The van der Waals surface area contributed by atoms with Gasteiger partial charge in [0, 0.05) is 43.4 Å². The van der Waals surface area contributed by atoms with Crippen LogP contribution >= 0.6 is 0 Å². The van der Waals surface area contributed by atoms with Crippen molar-refractivity contribution < 1.29 is 32.5 Å². The van der Waals surface area contributed by atoms with Gasteiger partial charge < -0.3 is 28.7 Å². The van der Waals surface area contributed by atoms with Gasteiger partial charge in [0.1, 0.15) is 40.8 Å². The van der Waals surface area contributed by atoms with Crippen molar-refractivity contribution in [1.29, 1.82) is 0 Å². The minimum atomic E-state index is -0.744. The number of pyridine rings is 1. The molecule has 0 spiro atoms. The van der Waals surface area contributed by atoms with Crippen molar-refractivity contribution in [2.45, 2.75) is 70.2 Å². The predicted molar refractivity (Wildman–Crippen MR) is 189 cm³/mol. The number of anilines is 1. The zero-order valence-electron chi connectivity index (χ0n) is 29.5. The Labute approximate surface area is 295 Å². The molecule has 3 aliphatic heterocycles. The number of likely N-dealkylation sites (tertiary alicyclic amines) is 1. The molecule has 0 aliphatic carbocycles. The van der Waals surface area contributed by atoms with E-state index in [2.05, 4.69) is 25.7 Å². The van der Waals surface area contributed by atoms with Crippen molar-refractivity contribution in [3.8, 4) is 35.4 Å². The second-order valence-electron chi connectivity index (χ2n) is 14.5. The van der Waals surface area contributed by atoms with Gasteiger partial charge in [-0.1, -0.05) is 12.0 Å². The zero-order chi connectivity index (χ0) is 36.0. The number of carbonyl (C=O) groups excluding carboxylic acids is 1. The quantitative estimate of drug-likeness (QED) is 0.157. The molecule has 268 valence electrons. The molecule has 3 fully saturated rings. The summed E-state index contributed by atoms with van der Waals surface area (Å²) in [6, 6.07) is 6.07. The summed E-state index contributed by atoms with van der Waals surface area (Å²) in [5, 5.41) is 1.24. The van der Waals surface area contributed by atoms with E-state index in [1.807, 2.05) is 32.7 Å². The first-order valence-corrected chi connectivity index (χ1v) is 17.3. The summed E-state index contributed by atoms with van der Waals surface area (Å²) < 4.78 is 54.9. The number of fused-ring (bicyclic) bond motifs is 4. The molecule has 1 amide bonds. The molecule has 11 nitrogen and oxygen atoms in total. The highest BCUT2D eigenvalue weighted by molar-refractivity contribution is 6.03. The average molecular weight is 701 g/mol. The summed E-state index contributed by atoms with van der Waals surface area (Å²) >= 11 is 0. The number of likely N-dealkylation sites (N-methyl/N-ethyl adjacent to an activating group) is 1. The molecule has 2 bridgehead atoms. The number of hydrogen-bond acceptors (Lipinski definition) is 10. The fraction of sp³-hybridized carbons (Fsp3) is 0.474. The van der Waals surface area contributed by atoms with Gasteiger partial charge in [-0.15, -0.1) is 6.42 Å². The van der Waals surface area contributed by atoms with Crippen LogP contribution in [-0.2, 0) is 9.47 Å². The minimum absolute atomic E-state index is 0.00304. The topological polar surface area (TPSA) is 102 Å². The van der Waals surface area contributed by atoms with Crippen molar-refractivity contribution >= 4 is 33.6 Å². The summed E-state index contributed by atoms with van der Waals surface area (Å²) in [5.41, 5.74) is -0.488. The molecular formula is C38H42F2N6O5. The maximum Gasteiger partial charge on any atom is 0.410 e. The van der Waals surface area contributed by atoms with Gasteiger partial charge in [-0.2, -0.15) is 9.97 Å². The minimum Gasteiger partial charge on any atom is -0.468 e. The van der Waals surface area contributed by atoms with Crippen molar-refractivity contribution in [1.82, 2.24) is 24.8 Å². The summed E-state index contributed by atoms with van der Waals surface area (Å²) in [6.45, 7) is 7.73. The fourth-order valence-electron chi connectivity index (χ4n) is 7.52. The van der Waals surface area contributed by atoms with E-state index in [4.69, 9.17) is 30.4 Å². The van der Waals surface area contributed by atoms with E-state index < -0.39 is 17.2 Å². The van der Waals surface area contributed by atoms with Gasteiger partial charge in [0.2, 0.25) is 0 Å². The zero-order valence-corrected chi connectivity index (χ0v) is 29.5. The highest BCUT2D eigenvalue weighted by atomic mass is 19.1. The van der Waals surface area contributed by atoms with Crippen LogP contribution in [0.4, 0.5) is 19.4 Å². The number of amides is 1. The summed E-state index contributed by atoms with van der Waals surface area (Å²) in [4.78, 5) is 33.4. The Bertz CT molecular complexity index is 2020. The lowest BCUT2D eigenvalue weighted by Gasteiger charge is -2.42. The second kappa shape index (κ2) is 13.7. The number of terminal acetylenes is 1. The van der Waals surface area contributed by atoms with Crippen LogP contribution in [0.25, 0.3) is 32.9 Å². The molecule has 0 unspecified atom stereocenters. The monoisotopic (exact) mass is 700 g/mol. The number of nitrogens with zero attached hydrogens (tertiary/aromatic N) is 6. The predicted octanol–water partition coefficient (Wildman–Crippen LogP) is 6.15. The number of hydrogen-bond donors (Lipinski definition) is 0. The molecule has 2 aromatic heterocycles. The molecule has 3 atom stereocenters. The summed E-state index contributed by atoms with van der Waals surface area (Å²) in [6.07, 6.45) is 10.6. The molecular weight excluding hydrogens is 658 g/mol. The van der Waals surface area contributed by atoms with Crippen molar-refractivity contribution in [3.63, 3.8) is 0 Å². The third-order valence-electron chi connectivity index (χ3n) is 9.89. The van der Waals surface area contributed by atoms with Gasteiger partial charge in [-0.25, -0.2) is 13.6 Å². The maximum absolute atomic E-state index is 17.1. The Kier molecular flexibility index (Phi) is 9.32. The normalized spacial score (nSPS) is 20.6.